The Labute approximate surface area is 136 Å². The molecule has 0 aliphatic carbocycles. The van der Waals surface area contributed by atoms with Crippen LogP contribution in [0.5, 0.6) is 0 Å². The van der Waals surface area contributed by atoms with Crippen LogP contribution in [0.2, 0.25) is 0 Å². The summed E-state index contributed by atoms with van der Waals surface area (Å²) in [6.07, 6.45) is -0.588. The van der Waals surface area contributed by atoms with Crippen LogP contribution in [-0.4, -0.2) is 10.9 Å². The van der Waals surface area contributed by atoms with Crippen molar-refractivity contribution in [1.82, 2.24) is 10.3 Å². The molecule has 1 aromatic carbocycles. The zero-order chi connectivity index (χ0) is 16.1. The highest BCUT2D eigenvalue weighted by atomic mass is 32.1. The number of hydrogen-bond donors (Lipinski definition) is 2. The van der Waals surface area contributed by atoms with E-state index in [4.69, 9.17) is 0 Å². The summed E-state index contributed by atoms with van der Waals surface area (Å²) in [5.74, 6) is -0.550. The number of pyridine rings is 1. The third-order valence-electron chi connectivity index (χ3n) is 3.97. The largest absolute Gasteiger partial charge is 0.360 e. The van der Waals surface area contributed by atoms with Gasteiger partial charge in [0, 0.05) is 16.6 Å². The zero-order valence-corrected chi connectivity index (χ0v) is 13.4. The van der Waals surface area contributed by atoms with Crippen molar-refractivity contribution in [1.29, 1.82) is 0 Å². The molecule has 2 aromatic heterocycles. The molecule has 4 nitrogen and oxygen atoms in total. The predicted molar refractivity (Wildman–Crippen MR) is 89.3 cm³/mol. The van der Waals surface area contributed by atoms with E-state index in [0.29, 0.717) is 10.4 Å². The minimum atomic E-state index is -0.588. The Hall–Kier alpha value is -2.47. The molecule has 1 amide bonds. The Morgan fingerprint density at radius 3 is 2.78 bits per heavy atom. The normalized spacial score (nSPS) is 16.8. The number of amides is 1. The number of rotatable bonds is 1. The SMILES string of the molecule is Cc1cc(C)c2c3c(sc2n1)C(=O)NC(c1ccccc1F)N3. The number of benzene rings is 1. The van der Waals surface area contributed by atoms with Crippen LogP contribution in [0.25, 0.3) is 10.2 Å². The zero-order valence-electron chi connectivity index (χ0n) is 12.6. The lowest BCUT2D eigenvalue weighted by molar-refractivity contribution is 0.0939. The summed E-state index contributed by atoms with van der Waals surface area (Å²) in [5.41, 5.74) is 3.13. The van der Waals surface area contributed by atoms with E-state index in [0.717, 1.165) is 27.2 Å². The van der Waals surface area contributed by atoms with Crippen LogP contribution in [-0.2, 0) is 0 Å². The fraction of sp³-hybridized carbons (Fsp3) is 0.176. The summed E-state index contributed by atoms with van der Waals surface area (Å²) in [4.78, 5) is 18.4. The lowest BCUT2D eigenvalue weighted by Gasteiger charge is -2.26. The molecule has 0 saturated carbocycles. The van der Waals surface area contributed by atoms with Crippen LogP contribution in [0.4, 0.5) is 10.1 Å². The van der Waals surface area contributed by atoms with Gasteiger partial charge in [-0.25, -0.2) is 9.37 Å². The average Bonchev–Trinajstić information content (AvgIpc) is 2.86. The first-order chi connectivity index (χ1) is 11.0. The number of hydrogen-bond acceptors (Lipinski definition) is 4. The lowest BCUT2D eigenvalue weighted by Crippen LogP contribution is -2.38. The van der Waals surface area contributed by atoms with Crippen LogP contribution in [0.1, 0.15) is 32.7 Å². The molecule has 1 atom stereocenters. The standard InChI is InChI=1S/C17H14FN3OS/c1-8-7-9(2)19-17-12(8)13-14(23-17)16(22)21-15(20-13)10-5-3-4-6-11(10)18/h3-7,15,20H,1-2H3,(H,21,22). The number of fused-ring (bicyclic) bond motifs is 3. The van der Waals surface area contributed by atoms with Crippen molar-refractivity contribution in [2.24, 2.45) is 0 Å². The number of carbonyl (C=O) groups is 1. The maximum Gasteiger partial charge on any atom is 0.265 e. The first kappa shape index (κ1) is 14.1. The molecule has 6 heteroatoms. The van der Waals surface area contributed by atoms with Crippen molar-refractivity contribution in [3.05, 3.63) is 57.8 Å². The van der Waals surface area contributed by atoms with E-state index in [-0.39, 0.29) is 11.7 Å². The van der Waals surface area contributed by atoms with Gasteiger partial charge in [-0.15, -0.1) is 11.3 Å². The third-order valence-corrected chi connectivity index (χ3v) is 5.06. The predicted octanol–water partition coefficient (Wildman–Crippen LogP) is 3.91. The molecular weight excluding hydrogens is 313 g/mol. The molecule has 0 radical (unpaired) electrons. The first-order valence-electron chi connectivity index (χ1n) is 7.27. The molecule has 23 heavy (non-hydrogen) atoms. The highest BCUT2D eigenvalue weighted by molar-refractivity contribution is 7.21. The van der Waals surface area contributed by atoms with Gasteiger partial charge < -0.3 is 10.6 Å². The van der Waals surface area contributed by atoms with E-state index in [1.165, 1.54) is 17.4 Å². The van der Waals surface area contributed by atoms with E-state index < -0.39 is 6.17 Å². The summed E-state index contributed by atoms with van der Waals surface area (Å²) >= 11 is 1.36. The molecule has 0 saturated heterocycles. The Morgan fingerprint density at radius 2 is 2.00 bits per heavy atom. The summed E-state index contributed by atoms with van der Waals surface area (Å²) < 4.78 is 14.0. The van der Waals surface area contributed by atoms with Crippen LogP contribution < -0.4 is 10.6 Å². The monoisotopic (exact) mass is 327 g/mol. The first-order valence-corrected chi connectivity index (χ1v) is 8.09. The third kappa shape index (κ3) is 2.17. The van der Waals surface area contributed by atoms with Crippen molar-refractivity contribution >= 4 is 33.1 Å². The number of halogens is 1. The Bertz CT molecular complexity index is 950. The molecule has 1 unspecified atom stereocenters. The Kier molecular flexibility index (Phi) is 3.09. The van der Waals surface area contributed by atoms with E-state index in [1.807, 2.05) is 19.9 Å². The van der Waals surface area contributed by atoms with E-state index in [2.05, 4.69) is 15.6 Å². The Morgan fingerprint density at radius 1 is 1.22 bits per heavy atom. The van der Waals surface area contributed by atoms with Crippen molar-refractivity contribution in [3.8, 4) is 0 Å². The molecule has 2 N–H and O–H groups in total. The molecule has 0 fully saturated rings. The summed E-state index contributed by atoms with van der Waals surface area (Å²) in [6.45, 7) is 3.93. The fourth-order valence-corrected chi connectivity index (χ4v) is 4.14. The molecule has 3 aromatic rings. The maximum absolute atomic E-state index is 14.0. The lowest BCUT2D eigenvalue weighted by atomic mass is 10.1. The average molecular weight is 327 g/mol. The minimum absolute atomic E-state index is 0.202. The van der Waals surface area contributed by atoms with Gasteiger partial charge in [0.2, 0.25) is 0 Å². The van der Waals surface area contributed by atoms with Crippen molar-refractivity contribution in [2.75, 3.05) is 5.32 Å². The van der Waals surface area contributed by atoms with Crippen molar-refractivity contribution < 1.29 is 9.18 Å². The summed E-state index contributed by atoms with van der Waals surface area (Å²) in [6, 6.07) is 8.43. The molecule has 4 rings (SSSR count). The quantitative estimate of drug-likeness (QED) is 0.712. The van der Waals surface area contributed by atoms with Gasteiger partial charge in [-0.1, -0.05) is 18.2 Å². The van der Waals surface area contributed by atoms with E-state index >= 15 is 0 Å². The molecule has 3 heterocycles. The van der Waals surface area contributed by atoms with Gasteiger partial charge in [-0.05, 0) is 31.5 Å². The van der Waals surface area contributed by atoms with Gasteiger partial charge in [0.05, 0.1) is 5.69 Å². The molecule has 1 aliphatic heterocycles. The van der Waals surface area contributed by atoms with Gasteiger partial charge in [-0.3, -0.25) is 4.79 Å². The molecule has 1 aliphatic rings. The molecule has 116 valence electrons. The smallest absolute Gasteiger partial charge is 0.265 e. The van der Waals surface area contributed by atoms with Crippen LogP contribution in [0.15, 0.2) is 30.3 Å². The number of aromatic nitrogens is 1. The minimum Gasteiger partial charge on any atom is -0.360 e. The number of anilines is 1. The number of thiophene rings is 1. The van der Waals surface area contributed by atoms with Gasteiger partial charge >= 0.3 is 0 Å². The van der Waals surface area contributed by atoms with Gasteiger partial charge in [0.1, 0.15) is 21.7 Å². The maximum atomic E-state index is 14.0. The highest BCUT2D eigenvalue weighted by Gasteiger charge is 2.30. The summed E-state index contributed by atoms with van der Waals surface area (Å²) in [5, 5.41) is 7.02. The van der Waals surface area contributed by atoms with Gasteiger partial charge in [0.15, 0.2) is 0 Å². The topological polar surface area (TPSA) is 54.0 Å². The van der Waals surface area contributed by atoms with Gasteiger partial charge in [0.25, 0.3) is 5.91 Å². The van der Waals surface area contributed by atoms with Crippen LogP contribution in [0.3, 0.4) is 0 Å². The second-order valence-corrected chi connectivity index (χ2v) is 6.64. The molecular formula is C17H14FN3OS. The second kappa shape index (κ2) is 5.03. The number of aryl methyl sites for hydroxylation is 2. The fourth-order valence-electron chi connectivity index (χ4n) is 2.98. The van der Waals surface area contributed by atoms with Crippen LogP contribution >= 0.6 is 11.3 Å². The molecule has 0 spiro atoms. The van der Waals surface area contributed by atoms with Crippen molar-refractivity contribution in [3.63, 3.8) is 0 Å². The number of nitrogens with zero attached hydrogens (tertiary/aromatic N) is 1. The molecule has 0 bridgehead atoms. The van der Waals surface area contributed by atoms with Crippen LogP contribution in [0, 0.1) is 19.7 Å². The van der Waals surface area contributed by atoms with E-state index in [1.54, 1.807) is 18.2 Å². The highest BCUT2D eigenvalue weighted by Crippen LogP contribution is 2.41. The Balaban J connectivity index is 1.88. The van der Waals surface area contributed by atoms with Gasteiger partial charge in [-0.2, -0.15) is 0 Å². The van der Waals surface area contributed by atoms with E-state index in [9.17, 15) is 9.18 Å². The second-order valence-electron chi connectivity index (χ2n) is 5.64. The summed E-state index contributed by atoms with van der Waals surface area (Å²) in [7, 11) is 0. The van der Waals surface area contributed by atoms with Crippen molar-refractivity contribution in [2.45, 2.75) is 20.0 Å². The number of nitrogens with one attached hydrogen (secondary N) is 2. The number of carbonyl (C=O) groups excluding carboxylic acids is 1.